The van der Waals surface area contributed by atoms with Crippen LogP contribution in [0, 0.1) is 11.3 Å². The molecule has 2 aromatic rings. The highest BCUT2D eigenvalue weighted by Crippen LogP contribution is 2.29. The van der Waals surface area contributed by atoms with Crippen molar-refractivity contribution in [3.63, 3.8) is 0 Å². The van der Waals surface area contributed by atoms with Gasteiger partial charge in [0.25, 0.3) is 0 Å². The van der Waals surface area contributed by atoms with E-state index in [0.29, 0.717) is 17.3 Å². The zero-order chi connectivity index (χ0) is 15.2. The first-order valence-electron chi connectivity index (χ1n) is 6.59. The van der Waals surface area contributed by atoms with Gasteiger partial charge in [0.15, 0.2) is 0 Å². The third-order valence-corrected chi connectivity index (χ3v) is 3.49. The lowest BCUT2D eigenvalue weighted by Gasteiger charge is -2.17. The van der Waals surface area contributed by atoms with Gasteiger partial charge in [0.05, 0.1) is 0 Å². The maximum atomic E-state index is 9.04. The minimum Gasteiger partial charge on any atom is -0.488 e. The number of rotatable bonds is 5. The number of nitrogens with one attached hydrogen (secondary N) is 1. The second-order valence-electron chi connectivity index (χ2n) is 4.60. The van der Waals surface area contributed by atoms with Gasteiger partial charge in [-0.25, -0.2) is 4.98 Å². The summed E-state index contributed by atoms with van der Waals surface area (Å²) in [4.78, 5) is 4.02. The van der Waals surface area contributed by atoms with Gasteiger partial charge in [-0.05, 0) is 38.2 Å². The lowest BCUT2D eigenvalue weighted by atomic mass is 10.1. The van der Waals surface area contributed by atoms with Crippen LogP contribution in [0.25, 0.3) is 0 Å². The van der Waals surface area contributed by atoms with Crippen molar-refractivity contribution in [2.75, 3.05) is 7.05 Å². The Morgan fingerprint density at radius 2 is 2.24 bits per heavy atom. The summed E-state index contributed by atoms with van der Waals surface area (Å²) in [5.41, 5.74) is 2.13. The van der Waals surface area contributed by atoms with Gasteiger partial charge in [-0.1, -0.05) is 17.7 Å². The van der Waals surface area contributed by atoms with Crippen molar-refractivity contribution >= 4 is 11.6 Å². The van der Waals surface area contributed by atoms with E-state index >= 15 is 0 Å². The number of nitrogens with zero attached hydrogens (tertiary/aromatic N) is 2. The van der Waals surface area contributed by atoms with Crippen molar-refractivity contribution in [3.8, 4) is 11.8 Å². The van der Waals surface area contributed by atoms with Gasteiger partial charge < -0.3 is 10.1 Å². The number of hydrogen-bond acceptors (Lipinski definition) is 4. The molecule has 1 aromatic carbocycles. The molecular weight excluding hydrogens is 286 g/mol. The molecule has 0 fully saturated rings. The highest BCUT2D eigenvalue weighted by molar-refractivity contribution is 6.30. The largest absolute Gasteiger partial charge is 0.488 e. The molecular formula is C16H16ClN3O. The minimum absolute atomic E-state index is 0.114. The van der Waals surface area contributed by atoms with Crippen molar-refractivity contribution < 1.29 is 4.74 Å². The Kier molecular flexibility index (Phi) is 5.15. The fraction of sp³-hybridized carbons (Fsp3) is 0.250. The summed E-state index contributed by atoms with van der Waals surface area (Å²) >= 11 is 6.05. The third-order valence-electron chi connectivity index (χ3n) is 3.25. The van der Waals surface area contributed by atoms with Crippen molar-refractivity contribution in [3.05, 3.63) is 58.4 Å². The molecule has 0 amide bonds. The van der Waals surface area contributed by atoms with Gasteiger partial charge in [0, 0.05) is 28.4 Å². The average Bonchev–Trinajstić information content (AvgIpc) is 2.53. The molecule has 2 rings (SSSR count). The predicted octanol–water partition coefficient (Wildman–Crippen LogP) is 3.47. The van der Waals surface area contributed by atoms with Gasteiger partial charge >= 0.3 is 0 Å². The standard InChI is InChI=1S/C16H16ClN3O/c1-11(19-2)14-8-13(17)5-6-16(14)21-10-12-4-3-7-20-15(12)9-18/h3-8,11,19H,10H2,1-2H3. The van der Waals surface area contributed by atoms with E-state index in [9.17, 15) is 0 Å². The van der Waals surface area contributed by atoms with Crippen LogP contribution in [0.5, 0.6) is 5.75 Å². The normalized spacial score (nSPS) is 11.7. The lowest BCUT2D eigenvalue weighted by Crippen LogP contribution is -2.14. The number of ether oxygens (including phenoxy) is 1. The molecule has 5 heteroatoms. The van der Waals surface area contributed by atoms with Gasteiger partial charge in [0.2, 0.25) is 0 Å². The number of benzene rings is 1. The van der Waals surface area contributed by atoms with E-state index in [1.165, 1.54) is 0 Å². The Bertz CT molecular complexity index is 667. The molecule has 1 unspecified atom stereocenters. The van der Waals surface area contributed by atoms with Crippen LogP contribution < -0.4 is 10.1 Å². The monoisotopic (exact) mass is 301 g/mol. The summed E-state index contributed by atoms with van der Waals surface area (Å²) in [6.45, 7) is 2.32. The Balaban J connectivity index is 2.22. The highest BCUT2D eigenvalue weighted by Gasteiger charge is 2.12. The van der Waals surface area contributed by atoms with Crippen LogP contribution in [0.4, 0.5) is 0 Å². The molecule has 1 aromatic heterocycles. The van der Waals surface area contributed by atoms with Crippen LogP contribution in [0.2, 0.25) is 5.02 Å². The molecule has 108 valence electrons. The first-order valence-corrected chi connectivity index (χ1v) is 6.97. The van der Waals surface area contributed by atoms with Crippen LogP contribution in [-0.4, -0.2) is 12.0 Å². The first kappa shape index (κ1) is 15.3. The van der Waals surface area contributed by atoms with Crippen molar-refractivity contribution in [1.82, 2.24) is 10.3 Å². The Labute approximate surface area is 129 Å². The summed E-state index contributed by atoms with van der Waals surface area (Å²) in [6, 6.07) is 11.3. The van der Waals surface area contributed by atoms with Crippen LogP contribution in [0.15, 0.2) is 36.5 Å². The van der Waals surface area contributed by atoms with E-state index in [4.69, 9.17) is 21.6 Å². The Morgan fingerprint density at radius 3 is 2.95 bits per heavy atom. The summed E-state index contributed by atoms with van der Waals surface area (Å²) in [5.74, 6) is 0.744. The third kappa shape index (κ3) is 3.72. The number of aromatic nitrogens is 1. The van der Waals surface area contributed by atoms with Crippen LogP contribution in [0.3, 0.4) is 0 Å². The lowest BCUT2D eigenvalue weighted by molar-refractivity contribution is 0.299. The molecule has 0 aliphatic carbocycles. The number of nitriles is 1. The Hall–Kier alpha value is -2.09. The van der Waals surface area contributed by atoms with Gasteiger partial charge in [-0.15, -0.1) is 0 Å². The van der Waals surface area contributed by atoms with Gasteiger partial charge in [-0.2, -0.15) is 5.26 Å². The quantitative estimate of drug-likeness (QED) is 0.918. The first-order chi connectivity index (χ1) is 10.2. The molecule has 0 radical (unpaired) electrons. The van der Waals surface area contributed by atoms with E-state index in [2.05, 4.69) is 16.4 Å². The van der Waals surface area contributed by atoms with Crippen molar-refractivity contribution in [1.29, 1.82) is 5.26 Å². The smallest absolute Gasteiger partial charge is 0.147 e. The highest BCUT2D eigenvalue weighted by atomic mass is 35.5. The number of hydrogen-bond donors (Lipinski definition) is 1. The summed E-state index contributed by atoms with van der Waals surface area (Å²) in [7, 11) is 1.88. The maximum absolute atomic E-state index is 9.04. The molecule has 21 heavy (non-hydrogen) atoms. The van der Waals surface area contributed by atoms with E-state index in [0.717, 1.165) is 16.9 Å². The topological polar surface area (TPSA) is 57.9 Å². The molecule has 0 bridgehead atoms. The average molecular weight is 302 g/mol. The molecule has 1 N–H and O–H groups in total. The number of pyridine rings is 1. The molecule has 0 saturated carbocycles. The van der Waals surface area contributed by atoms with Crippen molar-refractivity contribution in [2.45, 2.75) is 19.6 Å². The van der Waals surface area contributed by atoms with Crippen molar-refractivity contribution in [2.24, 2.45) is 0 Å². The molecule has 0 aliphatic rings. The molecule has 0 spiro atoms. The van der Waals surface area contributed by atoms with Crippen LogP contribution >= 0.6 is 11.6 Å². The summed E-state index contributed by atoms with van der Waals surface area (Å²) in [5, 5.41) is 12.9. The van der Waals surface area contributed by atoms with E-state index in [1.807, 2.05) is 32.2 Å². The Morgan fingerprint density at radius 1 is 1.43 bits per heavy atom. The second kappa shape index (κ2) is 7.07. The SMILES string of the molecule is CNC(C)c1cc(Cl)ccc1OCc1cccnc1C#N. The van der Waals surface area contributed by atoms with E-state index < -0.39 is 0 Å². The fourth-order valence-electron chi connectivity index (χ4n) is 1.96. The van der Waals surface area contributed by atoms with Crippen LogP contribution in [0.1, 0.15) is 29.8 Å². The van der Waals surface area contributed by atoms with Gasteiger partial charge in [0.1, 0.15) is 24.1 Å². The zero-order valence-corrected chi connectivity index (χ0v) is 12.7. The van der Waals surface area contributed by atoms with E-state index in [-0.39, 0.29) is 6.04 Å². The second-order valence-corrected chi connectivity index (χ2v) is 5.04. The predicted molar refractivity (Wildman–Crippen MR) is 82.2 cm³/mol. The zero-order valence-electron chi connectivity index (χ0n) is 11.9. The van der Waals surface area contributed by atoms with E-state index in [1.54, 1.807) is 18.3 Å². The number of halogens is 1. The maximum Gasteiger partial charge on any atom is 0.147 e. The minimum atomic E-state index is 0.114. The summed E-state index contributed by atoms with van der Waals surface area (Å²) in [6.07, 6.45) is 1.60. The molecule has 0 aliphatic heterocycles. The summed E-state index contributed by atoms with van der Waals surface area (Å²) < 4.78 is 5.85. The molecule has 0 saturated heterocycles. The fourth-order valence-corrected chi connectivity index (χ4v) is 2.14. The molecule has 1 heterocycles. The van der Waals surface area contributed by atoms with Gasteiger partial charge in [-0.3, -0.25) is 0 Å². The van der Waals surface area contributed by atoms with Crippen LogP contribution in [-0.2, 0) is 6.61 Å². The molecule has 4 nitrogen and oxygen atoms in total. The molecule has 1 atom stereocenters.